The van der Waals surface area contributed by atoms with Crippen molar-refractivity contribution in [2.75, 3.05) is 6.54 Å². The molecule has 0 aromatic carbocycles. The van der Waals surface area contributed by atoms with Gasteiger partial charge in [0.2, 0.25) is 0 Å². The summed E-state index contributed by atoms with van der Waals surface area (Å²) in [5, 5.41) is 14.6. The van der Waals surface area contributed by atoms with Gasteiger partial charge in [-0.2, -0.15) is 0 Å². The summed E-state index contributed by atoms with van der Waals surface area (Å²) >= 11 is 0. The van der Waals surface area contributed by atoms with Crippen molar-refractivity contribution in [3.63, 3.8) is 0 Å². The van der Waals surface area contributed by atoms with Crippen LogP contribution in [-0.2, 0) is 9.47 Å². The molecule has 2 saturated heterocycles. The zero-order valence-electron chi connectivity index (χ0n) is 12.5. The van der Waals surface area contributed by atoms with Crippen LogP contribution in [0.1, 0.15) is 25.7 Å². The zero-order valence-corrected chi connectivity index (χ0v) is 12.5. The molecule has 22 heavy (non-hydrogen) atoms. The number of aliphatic hydroxyl groups excluding tert-OH is 1. The molecule has 116 valence electrons. The molecule has 6 aliphatic rings. The number of piperidine rings is 1. The highest BCUT2D eigenvalue weighted by molar-refractivity contribution is 5.50. The molecule has 2 fully saturated rings. The van der Waals surface area contributed by atoms with Gasteiger partial charge < -0.3 is 19.9 Å². The quantitative estimate of drug-likeness (QED) is 0.664. The van der Waals surface area contributed by atoms with Crippen molar-refractivity contribution in [1.29, 1.82) is 0 Å². The van der Waals surface area contributed by atoms with E-state index in [1.54, 1.807) is 5.57 Å². The summed E-state index contributed by atoms with van der Waals surface area (Å²) in [5.74, 6) is 0.426. The van der Waals surface area contributed by atoms with Crippen molar-refractivity contribution in [2.45, 2.75) is 55.6 Å². The standard InChI is InChI=1S/C18H21NO3/c20-14-4-2-11-12-9-10-1-3-13-16-15(10)17(11,5-7-19-12)18(14,22-16)6-8-21-13/h2,4,6,8,11-14,16,19-20H,1,3,5,7,9H2/t11-,12+,13?,14-,16?,17-,18-/m0/s1. The zero-order chi connectivity index (χ0) is 14.5. The largest absolute Gasteiger partial charge is 0.495 e. The van der Waals surface area contributed by atoms with Gasteiger partial charge in [-0.1, -0.05) is 17.7 Å². The fourth-order valence-electron chi connectivity index (χ4n) is 6.43. The van der Waals surface area contributed by atoms with Crippen LogP contribution in [-0.4, -0.2) is 41.6 Å². The first-order valence-electron chi connectivity index (χ1n) is 8.59. The lowest BCUT2D eigenvalue weighted by Gasteiger charge is -2.59. The second-order valence-electron chi connectivity index (χ2n) is 7.71. The van der Waals surface area contributed by atoms with Gasteiger partial charge in [-0.3, -0.25) is 0 Å². The van der Waals surface area contributed by atoms with E-state index >= 15 is 0 Å². The Balaban J connectivity index is 1.72. The lowest BCUT2D eigenvalue weighted by Crippen LogP contribution is -2.66. The number of nitrogens with one attached hydrogen (secondary N) is 1. The van der Waals surface area contributed by atoms with Crippen LogP contribution in [0.25, 0.3) is 0 Å². The smallest absolute Gasteiger partial charge is 0.130 e. The fraction of sp³-hybridized carbons (Fsp3) is 0.667. The number of rotatable bonds is 0. The van der Waals surface area contributed by atoms with Crippen molar-refractivity contribution >= 4 is 0 Å². The topological polar surface area (TPSA) is 50.7 Å². The molecule has 3 heterocycles. The minimum absolute atomic E-state index is 0.0369. The monoisotopic (exact) mass is 299 g/mol. The number of hydrogen-bond acceptors (Lipinski definition) is 4. The van der Waals surface area contributed by atoms with Crippen LogP contribution in [0.5, 0.6) is 0 Å². The van der Waals surface area contributed by atoms with Gasteiger partial charge in [0.15, 0.2) is 0 Å². The van der Waals surface area contributed by atoms with Gasteiger partial charge in [0, 0.05) is 17.4 Å². The average molecular weight is 299 g/mol. The average Bonchev–Trinajstić information content (AvgIpc) is 2.68. The molecule has 0 aromatic rings. The molecule has 2 unspecified atom stereocenters. The fourth-order valence-corrected chi connectivity index (χ4v) is 6.43. The molecule has 0 saturated carbocycles. The lowest BCUT2D eigenvalue weighted by molar-refractivity contribution is -0.144. The van der Waals surface area contributed by atoms with E-state index in [9.17, 15) is 5.11 Å². The van der Waals surface area contributed by atoms with Gasteiger partial charge in [-0.25, -0.2) is 0 Å². The van der Waals surface area contributed by atoms with Crippen molar-refractivity contribution in [3.8, 4) is 0 Å². The predicted octanol–water partition coefficient (Wildman–Crippen LogP) is 1.43. The summed E-state index contributed by atoms with van der Waals surface area (Å²) in [7, 11) is 0. The Morgan fingerprint density at radius 1 is 1.32 bits per heavy atom. The lowest BCUT2D eigenvalue weighted by atomic mass is 9.47. The van der Waals surface area contributed by atoms with E-state index in [1.165, 1.54) is 5.57 Å². The summed E-state index contributed by atoms with van der Waals surface area (Å²) in [6.07, 6.45) is 12.0. The Kier molecular flexibility index (Phi) is 2.07. The second kappa shape index (κ2) is 3.69. The van der Waals surface area contributed by atoms with Crippen molar-refractivity contribution in [2.24, 2.45) is 11.3 Å². The number of aliphatic hydroxyl groups is 1. The van der Waals surface area contributed by atoms with E-state index < -0.39 is 11.7 Å². The molecule has 3 aliphatic heterocycles. The van der Waals surface area contributed by atoms with E-state index in [-0.39, 0.29) is 17.6 Å². The third-order valence-electron chi connectivity index (χ3n) is 7.14. The first kappa shape index (κ1) is 12.3. The molecule has 6 rings (SSSR count). The summed E-state index contributed by atoms with van der Waals surface area (Å²) < 4.78 is 12.6. The molecule has 4 bridgehead atoms. The molecule has 0 radical (unpaired) electrons. The molecule has 2 N–H and O–H groups in total. The minimum atomic E-state index is -0.627. The highest BCUT2D eigenvalue weighted by atomic mass is 16.6. The molecule has 0 aromatic heterocycles. The van der Waals surface area contributed by atoms with Crippen LogP contribution in [0, 0.1) is 11.3 Å². The maximum Gasteiger partial charge on any atom is 0.130 e. The second-order valence-corrected chi connectivity index (χ2v) is 7.71. The van der Waals surface area contributed by atoms with E-state index in [4.69, 9.17) is 9.47 Å². The minimum Gasteiger partial charge on any atom is -0.495 e. The van der Waals surface area contributed by atoms with Crippen molar-refractivity contribution in [3.05, 3.63) is 35.6 Å². The molecule has 7 atom stereocenters. The third kappa shape index (κ3) is 1.08. The first-order chi connectivity index (χ1) is 10.8. The summed E-state index contributed by atoms with van der Waals surface area (Å²) in [6, 6.07) is 0.489. The van der Waals surface area contributed by atoms with Gasteiger partial charge in [0.1, 0.15) is 23.9 Å². The summed E-state index contributed by atoms with van der Waals surface area (Å²) in [4.78, 5) is 0. The van der Waals surface area contributed by atoms with Crippen LogP contribution in [0.4, 0.5) is 0 Å². The molecular formula is C18H21NO3. The number of hydrogen-bond donors (Lipinski definition) is 2. The Morgan fingerprint density at radius 3 is 3.23 bits per heavy atom. The summed E-state index contributed by atoms with van der Waals surface area (Å²) in [6.45, 7) is 1.01. The Hall–Kier alpha value is -1.10. The van der Waals surface area contributed by atoms with Crippen molar-refractivity contribution in [1.82, 2.24) is 5.32 Å². The molecule has 4 nitrogen and oxygen atoms in total. The highest BCUT2D eigenvalue weighted by Crippen LogP contribution is 2.68. The molecule has 0 amide bonds. The van der Waals surface area contributed by atoms with Gasteiger partial charge in [0.05, 0.1) is 6.26 Å². The van der Waals surface area contributed by atoms with Gasteiger partial charge in [-0.05, 0) is 43.9 Å². The van der Waals surface area contributed by atoms with Gasteiger partial charge in [0.25, 0.3) is 0 Å². The molecule has 4 heteroatoms. The van der Waals surface area contributed by atoms with Crippen LogP contribution in [0.2, 0.25) is 0 Å². The maximum absolute atomic E-state index is 10.9. The van der Waals surface area contributed by atoms with E-state index in [2.05, 4.69) is 11.4 Å². The van der Waals surface area contributed by atoms with Crippen LogP contribution in [0.15, 0.2) is 35.6 Å². The SMILES string of the molecule is O[C@H]1C=C[C@H]2[C@H]3CC4=C5C6O[C@]1(C=COC6CC4)[C@]52CCN3. The third-order valence-corrected chi connectivity index (χ3v) is 7.14. The van der Waals surface area contributed by atoms with Crippen molar-refractivity contribution < 1.29 is 14.6 Å². The van der Waals surface area contributed by atoms with Crippen LogP contribution < -0.4 is 5.32 Å². The van der Waals surface area contributed by atoms with E-state index in [0.717, 1.165) is 32.2 Å². The van der Waals surface area contributed by atoms with E-state index in [1.807, 2.05) is 18.4 Å². The normalized spacial score (nSPS) is 56.7. The predicted molar refractivity (Wildman–Crippen MR) is 80.0 cm³/mol. The highest BCUT2D eigenvalue weighted by Gasteiger charge is 2.73. The first-order valence-corrected chi connectivity index (χ1v) is 8.59. The van der Waals surface area contributed by atoms with Crippen LogP contribution in [0.3, 0.4) is 0 Å². The number of ether oxygens (including phenoxy) is 2. The summed E-state index contributed by atoms with van der Waals surface area (Å²) in [5.41, 5.74) is 2.39. The van der Waals surface area contributed by atoms with Gasteiger partial charge in [-0.15, -0.1) is 0 Å². The van der Waals surface area contributed by atoms with Gasteiger partial charge >= 0.3 is 0 Å². The Morgan fingerprint density at radius 2 is 2.27 bits per heavy atom. The maximum atomic E-state index is 10.9. The molecule has 3 aliphatic carbocycles. The Labute approximate surface area is 129 Å². The van der Waals surface area contributed by atoms with E-state index in [0.29, 0.717) is 12.0 Å². The van der Waals surface area contributed by atoms with Crippen LogP contribution >= 0.6 is 0 Å². The molecular weight excluding hydrogens is 278 g/mol. The molecule has 2 spiro atoms. The Bertz CT molecular complexity index is 653.